The van der Waals surface area contributed by atoms with E-state index in [2.05, 4.69) is 14.7 Å². The number of anilines is 2. The van der Waals surface area contributed by atoms with E-state index in [1.54, 1.807) is 13.0 Å². The van der Waals surface area contributed by atoms with Gasteiger partial charge in [0.15, 0.2) is 0 Å². The number of hydrogen-bond acceptors (Lipinski definition) is 5. The zero-order valence-electron chi connectivity index (χ0n) is 13.4. The minimum absolute atomic E-state index is 0.300. The molecule has 0 atom stereocenters. The number of halogens is 1. The van der Waals surface area contributed by atoms with Gasteiger partial charge in [0, 0.05) is 17.4 Å². The van der Waals surface area contributed by atoms with Crippen LogP contribution in [-0.4, -0.2) is 16.2 Å². The van der Waals surface area contributed by atoms with E-state index in [-0.39, 0.29) is 5.82 Å². The minimum Gasteiger partial charge on any atom is -0.382 e. The number of nitrogen functional groups attached to an aromatic ring is 1. The molecule has 0 spiro atoms. The van der Waals surface area contributed by atoms with Crippen molar-refractivity contribution in [3.63, 3.8) is 0 Å². The molecule has 3 rings (SSSR count). The molecule has 0 bridgehead atoms. The largest absolute Gasteiger partial charge is 0.382 e. The monoisotopic (exact) mass is 340 g/mol. The van der Waals surface area contributed by atoms with Crippen molar-refractivity contribution in [1.29, 1.82) is 0 Å². The van der Waals surface area contributed by atoms with Crippen molar-refractivity contribution in [3.8, 4) is 22.4 Å². The number of rotatable bonds is 4. The van der Waals surface area contributed by atoms with Gasteiger partial charge in [-0.1, -0.05) is 36.2 Å². The molecule has 1 aromatic heterocycles. The third kappa shape index (κ3) is 3.05. The van der Waals surface area contributed by atoms with Gasteiger partial charge in [0.2, 0.25) is 0 Å². The highest BCUT2D eigenvalue weighted by Crippen LogP contribution is 2.35. The van der Waals surface area contributed by atoms with E-state index in [9.17, 15) is 4.39 Å². The van der Waals surface area contributed by atoms with Gasteiger partial charge < -0.3 is 10.5 Å². The second-order valence-electron chi connectivity index (χ2n) is 5.28. The Hall–Kier alpha value is -2.60. The van der Waals surface area contributed by atoms with Gasteiger partial charge in [-0.3, -0.25) is 4.98 Å². The maximum absolute atomic E-state index is 14.9. The number of para-hydroxylation sites is 1. The Bertz CT molecular complexity index is 865. The number of hydrogen-bond donors (Lipinski definition) is 2. The van der Waals surface area contributed by atoms with Gasteiger partial charge >= 0.3 is 0 Å². The van der Waals surface area contributed by atoms with Crippen LogP contribution >= 0.6 is 11.9 Å². The molecule has 122 valence electrons. The smallest absolute Gasteiger partial charge is 0.141 e. The van der Waals surface area contributed by atoms with Gasteiger partial charge in [0.25, 0.3) is 0 Å². The first-order chi connectivity index (χ1) is 11.6. The summed E-state index contributed by atoms with van der Waals surface area (Å²) in [6.07, 6.45) is 4.86. The Morgan fingerprint density at radius 3 is 2.46 bits per heavy atom. The molecule has 1 heterocycles. The summed E-state index contributed by atoms with van der Waals surface area (Å²) in [4.78, 5) is 8.14. The van der Waals surface area contributed by atoms with E-state index in [0.29, 0.717) is 22.6 Å². The van der Waals surface area contributed by atoms with Crippen LogP contribution in [0.2, 0.25) is 0 Å². The van der Waals surface area contributed by atoms with Crippen LogP contribution in [0.4, 0.5) is 15.9 Å². The average Bonchev–Trinajstić information content (AvgIpc) is 2.59. The molecular weight excluding hydrogens is 323 g/mol. The van der Waals surface area contributed by atoms with Gasteiger partial charge in [-0.05, 0) is 30.2 Å². The molecule has 4 nitrogen and oxygen atoms in total. The van der Waals surface area contributed by atoms with E-state index in [0.717, 1.165) is 16.8 Å². The molecule has 0 saturated heterocycles. The van der Waals surface area contributed by atoms with Crippen LogP contribution in [0.1, 0.15) is 5.56 Å². The number of nitrogens with zero attached hydrogens (tertiary/aromatic N) is 2. The highest BCUT2D eigenvalue weighted by Gasteiger charge is 2.15. The van der Waals surface area contributed by atoms with Gasteiger partial charge in [-0.15, -0.1) is 0 Å². The fourth-order valence-corrected chi connectivity index (χ4v) is 2.97. The molecule has 3 N–H and O–H groups in total. The van der Waals surface area contributed by atoms with Crippen molar-refractivity contribution < 1.29 is 4.39 Å². The van der Waals surface area contributed by atoms with Crippen molar-refractivity contribution in [2.75, 3.05) is 16.7 Å². The van der Waals surface area contributed by atoms with Crippen LogP contribution in [0.15, 0.2) is 48.8 Å². The van der Waals surface area contributed by atoms with Crippen LogP contribution in [0.3, 0.4) is 0 Å². The van der Waals surface area contributed by atoms with Crippen molar-refractivity contribution in [3.05, 3.63) is 60.2 Å². The van der Waals surface area contributed by atoms with Crippen molar-refractivity contribution in [2.45, 2.75) is 6.92 Å². The lowest BCUT2D eigenvalue weighted by Crippen LogP contribution is -1.98. The summed E-state index contributed by atoms with van der Waals surface area (Å²) in [6.45, 7) is 1.77. The summed E-state index contributed by atoms with van der Waals surface area (Å²) in [6, 6.07) is 11.5. The fraction of sp³-hybridized carbons (Fsp3) is 0.111. The van der Waals surface area contributed by atoms with Crippen molar-refractivity contribution in [2.24, 2.45) is 0 Å². The Morgan fingerprint density at radius 1 is 1.00 bits per heavy atom. The second-order valence-corrected chi connectivity index (χ2v) is 5.89. The summed E-state index contributed by atoms with van der Waals surface area (Å²) in [7, 11) is 0. The van der Waals surface area contributed by atoms with Gasteiger partial charge in [0.05, 0.1) is 23.8 Å². The lowest BCUT2D eigenvalue weighted by Gasteiger charge is -2.14. The van der Waals surface area contributed by atoms with Crippen LogP contribution < -0.4 is 10.5 Å². The van der Waals surface area contributed by atoms with Gasteiger partial charge in [0.1, 0.15) is 11.6 Å². The van der Waals surface area contributed by atoms with Crippen molar-refractivity contribution in [1.82, 2.24) is 9.97 Å². The molecule has 0 saturated carbocycles. The predicted molar refractivity (Wildman–Crippen MR) is 99.1 cm³/mol. The first-order valence-corrected chi connectivity index (χ1v) is 8.59. The zero-order chi connectivity index (χ0) is 17.1. The predicted octanol–water partition coefficient (Wildman–Crippen LogP) is 4.53. The first-order valence-electron chi connectivity index (χ1n) is 7.37. The van der Waals surface area contributed by atoms with Crippen molar-refractivity contribution >= 4 is 23.5 Å². The minimum atomic E-state index is -0.300. The third-order valence-electron chi connectivity index (χ3n) is 3.76. The Labute approximate surface area is 144 Å². The quantitative estimate of drug-likeness (QED) is 0.683. The summed E-state index contributed by atoms with van der Waals surface area (Å²) in [5, 5.41) is 0. The third-order valence-corrected chi connectivity index (χ3v) is 4.19. The zero-order valence-corrected chi connectivity index (χ0v) is 14.2. The maximum atomic E-state index is 14.9. The molecule has 24 heavy (non-hydrogen) atoms. The molecule has 0 aliphatic heterocycles. The molecule has 2 aromatic carbocycles. The molecule has 0 aliphatic rings. The normalized spacial score (nSPS) is 10.6. The van der Waals surface area contributed by atoms with E-state index in [1.165, 1.54) is 24.3 Å². The molecule has 6 heteroatoms. The van der Waals surface area contributed by atoms with Crippen LogP contribution in [0, 0.1) is 12.7 Å². The SMILES string of the molecule is CSNc1ccccc1-c1ccc(-c2cnc(N)cn2)c(F)c1C. The summed E-state index contributed by atoms with van der Waals surface area (Å²) in [5.74, 6) is 0.00935. The molecule has 0 radical (unpaired) electrons. The Kier molecular flexibility index (Phi) is 4.66. The highest BCUT2D eigenvalue weighted by molar-refractivity contribution is 7.99. The van der Waals surface area contributed by atoms with E-state index >= 15 is 0 Å². The first kappa shape index (κ1) is 16.3. The summed E-state index contributed by atoms with van der Waals surface area (Å²) < 4.78 is 18.2. The topological polar surface area (TPSA) is 63.8 Å². The number of benzene rings is 2. The molecule has 0 fully saturated rings. The molecule has 0 amide bonds. The lowest BCUT2D eigenvalue weighted by atomic mass is 9.95. The Balaban J connectivity index is 2.10. The lowest BCUT2D eigenvalue weighted by molar-refractivity contribution is 0.622. The van der Waals surface area contributed by atoms with E-state index in [4.69, 9.17) is 5.73 Å². The van der Waals surface area contributed by atoms with Gasteiger partial charge in [-0.2, -0.15) is 0 Å². The average molecular weight is 340 g/mol. The van der Waals surface area contributed by atoms with Crippen LogP contribution in [0.5, 0.6) is 0 Å². The maximum Gasteiger partial charge on any atom is 0.141 e. The van der Waals surface area contributed by atoms with E-state index < -0.39 is 0 Å². The summed E-state index contributed by atoms with van der Waals surface area (Å²) in [5.41, 5.74) is 9.75. The van der Waals surface area contributed by atoms with Gasteiger partial charge in [-0.25, -0.2) is 9.37 Å². The molecule has 3 aromatic rings. The molecule has 0 aliphatic carbocycles. The number of nitrogens with one attached hydrogen (secondary N) is 1. The summed E-state index contributed by atoms with van der Waals surface area (Å²) >= 11 is 1.50. The van der Waals surface area contributed by atoms with E-state index in [1.807, 2.05) is 36.6 Å². The fourth-order valence-electron chi connectivity index (χ4n) is 2.57. The molecule has 0 unspecified atom stereocenters. The number of nitrogens with two attached hydrogens (primary N) is 1. The standard InChI is InChI=1S/C18H17FN4S/c1-11-12(13-5-3-4-6-15(13)23-24-2)7-8-14(18(11)19)16-9-22-17(20)10-21-16/h3-10,23H,1-2H3,(H2,20,22). The molecular formula is C18H17FN4S. The van der Waals surface area contributed by atoms with Crippen LogP contribution in [0.25, 0.3) is 22.4 Å². The van der Waals surface area contributed by atoms with Crippen LogP contribution in [-0.2, 0) is 0 Å². The highest BCUT2D eigenvalue weighted by atomic mass is 32.2. The second kappa shape index (κ2) is 6.88. The number of aromatic nitrogens is 2. The Morgan fingerprint density at radius 2 is 1.75 bits per heavy atom.